The summed E-state index contributed by atoms with van der Waals surface area (Å²) in [6.07, 6.45) is -0.567. The number of halogens is 4. The number of nitrogens with one attached hydrogen (secondary N) is 1. The van der Waals surface area contributed by atoms with Gasteiger partial charge in [-0.15, -0.1) is 0 Å². The Morgan fingerprint density at radius 3 is 2.60 bits per heavy atom. The molecule has 1 saturated carbocycles. The number of nitrogens with zero attached hydrogens (tertiary/aromatic N) is 2. The van der Waals surface area contributed by atoms with Gasteiger partial charge in [0.2, 0.25) is 0 Å². The summed E-state index contributed by atoms with van der Waals surface area (Å²) in [5.41, 5.74) is 0.738. The first-order valence-electron chi connectivity index (χ1n) is 8.00. The standard InChI is InChI=1S/C17H17F4N3O/c18-12-4-6-14(7-5-12)24-10-22-9-15(24)16(25)23-13-3-1-2-11(8-13)17(19,20)21/h4-7,9-11,13H,1-3,8H2,(H,23,25)/t11-,13-/m1/s1. The molecule has 134 valence electrons. The third kappa shape index (κ3) is 4.00. The van der Waals surface area contributed by atoms with Crippen molar-refractivity contribution in [2.24, 2.45) is 5.92 Å². The molecule has 8 heteroatoms. The van der Waals surface area contributed by atoms with E-state index in [9.17, 15) is 22.4 Å². The first-order chi connectivity index (χ1) is 11.8. The minimum Gasteiger partial charge on any atom is -0.348 e. The maximum absolute atomic E-state index is 13.0. The van der Waals surface area contributed by atoms with Crippen LogP contribution in [0.3, 0.4) is 0 Å². The Bertz CT molecular complexity index is 739. The summed E-state index contributed by atoms with van der Waals surface area (Å²) in [6, 6.07) is 4.98. The normalized spacial score (nSPS) is 21.1. The second-order valence-corrected chi connectivity index (χ2v) is 6.20. The van der Waals surface area contributed by atoms with Gasteiger partial charge in [0, 0.05) is 11.7 Å². The van der Waals surface area contributed by atoms with E-state index >= 15 is 0 Å². The summed E-state index contributed by atoms with van der Waals surface area (Å²) in [5.74, 6) is -2.28. The topological polar surface area (TPSA) is 46.9 Å². The molecule has 1 heterocycles. The van der Waals surface area contributed by atoms with Crippen LogP contribution in [0.15, 0.2) is 36.8 Å². The number of hydrogen-bond acceptors (Lipinski definition) is 2. The average Bonchev–Trinajstić information content (AvgIpc) is 3.05. The molecule has 1 fully saturated rings. The lowest BCUT2D eigenvalue weighted by molar-refractivity contribution is -0.183. The third-order valence-electron chi connectivity index (χ3n) is 4.45. The molecule has 1 N–H and O–H groups in total. The van der Waals surface area contributed by atoms with Crippen LogP contribution in [0.4, 0.5) is 17.6 Å². The monoisotopic (exact) mass is 355 g/mol. The second-order valence-electron chi connectivity index (χ2n) is 6.20. The van der Waals surface area contributed by atoms with Gasteiger partial charge in [-0.1, -0.05) is 6.42 Å². The van der Waals surface area contributed by atoms with Gasteiger partial charge in [-0.05, 0) is 43.5 Å². The molecule has 0 spiro atoms. The van der Waals surface area contributed by atoms with Gasteiger partial charge in [0.05, 0.1) is 18.4 Å². The Hall–Kier alpha value is -2.38. The summed E-state index contributed by atoms with van der Waals surface area (Å²) in [4.78, 5) is 16.4. The number of benzene rings is 1. The molecule has 1 amide bonds. The van der Waals surface area contributed by atoms with Crippen molar-refractivity contribution >= 4 is 5.91 Å². The van der Waals surface area contributed by atoms with Crippen molar-refractivity contribution in [1.82, 2.24) is 14.9 Å². The average molecular weight is 355 g/mol. The molecule has 1 aromatic heterocycles. The zero-order valence-corrected chi connectivity index (χ0v) is 13.3. The molecular weight excluding hydrogens is 338 g/mol. The van der Waals surface area contributed by atoms with Crippen LogP contribution in [0, 0.1) is 11.7 Å². The molecule has 3 rings (SSSR count). The van der Waals surface area contributed by atoms with Crippen LogP contribution in [-0.2, 0) is 0 Å². The number of carbonyl (C=O) groups excluding carboxylic acids is 1. The Morgan fingerprint density at radius 1 is 1.20 bits per heavy atom. The highest BCUT2D eigenvalue weighted by molar-refractivity contribution is 5.93. The van der Waals surface area contributed by atoms with Crippen molar-refractivity contribution < 1.29 is 22.4 Å². The van der Waals surface area contributed by atoms with Crippen LogP contribution in [0.1, 0.15) is 36.2 Å². The van der Waals surface area contributed by atoms with Crippen molar-refractivity contribution in [2.75, 3.05) is 0 Å². The van der Waals surface area contributed by atoms with Gasteiger partial charge in [-0.3, -0.25) is 9.36 Å². The fourth-order valence-electron chi connectivity index (χ4n) is 3.15. The van der Waals surface area contributed by atoms with E-state index in [2.05, 4.69) is 10.3 Å². The van der Waals surface area contributed by atoms with Crippen molar-refractivity contribution in [1.29, 1.82) is 0 Å². The molecule has 2 atom stereocenters. The van der Waals surface area contributed by atoms with E-state index in [0.717, 1.165) is 0 Å². The predicted octanol–water partition coefficient (Wildman–Crippen LogP) is 3.86. The van der Waals surface area contributed by atoms with E-state index in [-0.39, 0.29) is 18.5 Å². The van der Waals surface area contributed by atoms with E-state index in [0.29, 0.717) is 18.5 Å². The number of carbonyl (C=O) groups is 1. The van der Waals surface area contributed by atoms with Crippen molar-refractivity contribution in [3.8, 4) is 5.69 Å². The van der Waals surface area contributed by atoms with E-state index in [1.807, 2.05) is 0 Å². The largest absolute Gasteiger partial charge is 0.391 e. The minimum atomic E-state index is -4.24. The summed E-state index contributed by atoms with van der Waals surface area (Å²) in [6.45, 7) is 0. The van der Waals surface area contributed by atoms with Crippen LogP contribution >= 0.6 is 0 Å². The molecule has 1 aliphatic rings. The Kier molecular flexibility index (Phi) is 4.78. The lowest BCUT2D eigenvalue weighted by Crippen LogP contribution is -2.42. The SMILES string of the molecule is O=C(N[C@@H]1CCC[C@@H](C(F)(F)F)C1)c1cncn1-c1ccc(F)cc1. The van der Waals surface area contributed by atoms with Gasteiger partial charge >= 0.3 is 6.18 Å². The number of aromatic nitrogens is 2. The summed E-state index contributed by atoms with van der Waals surface area (Å²) in [5, 5.41) is 2.67. The number of rotatable bonds is 3. The molecule has 0 bridgehead atoms. The Balaban J connectivity index is 1.72. The smallest absolute Gasteiger partial charge is 0.348 e. The van der Waals surface area contributed by atoms with Crippen molar-refractivity contribution in [2.45, 2.75) is 37.9 Å². The van der Waals surface area contributed by atoms with Crippen LogP contribution in [0.25, 0.3) is 5.69 Å². The van der Waals surface area contributed by atoms with E-state index in [4.69, 9.17) is 0 Å². The van der Waals surface area contributed by atoms with Gasteiger partial charge in [0.1, 0.15) is 11.5 Å². The molecule has 0 radical (unpaired) electrons. The number of amides is 1. The van der Waals surface area contributed by atoms with Crippen molar-refractivity contribution in [3.05, 3.63) is 48.3 Å². The zero-order chi connectivity index (χ0) is 18.0. The van der Waals surface area contributed by atoms with E-state index in [1.165, 1.54) is 41.4 Å². The number of hydrogen-bond donors (Lipinski definition) is 1. The van der Waals surface area contributed by atoms with Crippen LogP contribution in [-0.4, -0.2) is 27.7 Å². The summed E-state index contributed by atoms with van der Waals surface area (Å²) < 4.78 is 53.2. The summed E-state index contributed by atoms with van der Waals surface area (Å²) in [7, 11) is 0. The van der Waals surface area contributed by atoms with Crippen molar-refractivity contribution in [3.63, 3.8) is 0 Å². The van der Waals surface area contributed by atoms with Gasteiger partial charge < -0.3 is 5.32 Å². The maximum atomic E-state index is 13.0. The molecule has 1 aromatic carbocycles. The fourth-order valence-corrected chi connectivity index (χ4v) is 3.15. The predicted molar refractivity (Wildman–Crippen MR) is 82.8 cm³/mol. The van der Waals surface area contributed by atoms with Crippen LogP contribution in [0.2, 0.25) is 0 Å². The molecule has 0 unspecified atom stereocenters. The molecule has 4 nitrogen and oxygen atoms in total. The van der Waals surface area contributed by atoms with Crippen LogP contribution < -0.4 is 5.32 Å². The maximum Gasteiger partial charge on any atom is 0.391 e. The molecule has 25 heavy (non-hydrogen) atoms. The highest BCUT2D eigenvalue weighted by Crippen LogP contribution is 2.37. The second kappa shape index (κ2) is 6.85. The molecule has 1 aliphatic carbocycles. The molecule has 0 saturated heterocycles. The highest BCUT2D eigenvalue weighted by Gasteiger charge is 2.42. The lowest BCUT2D eigenvalue weighted by atomic mass is 9.85. The first-order valence-corrected chi connectivity index (χ1v) is 8.00. The van der Waals surface area contributed by atoms with Gasteiger partial charge in [0.25, 0.3) is 5.91 Å². The Morgan fingerprint density at radius 2 is 1.92 bits per heavy atom. The van der Waals surface area contributed by atoms with E-state index < -0.39 is 29.9 Å². The zero-order valence-electron chi connectivity index (χ0n) is 13.3. The van der Waals surface area contributed by atoms with Gasteiger partial charge in [-0.2, -0.15) is 13.2 Å². The van der Waals surface area contributed by atoms with Gasteiger partial charge in [0.15, 0.2) is 0 Å². The lowest BCUT2D eigenvalue weighted by Gasteiger charge is -2.31. The molecule has 0 aliphatic heterocycles. The van der Waals surface area contributed by atoms with Crippen LogP contribution in [0.5, 0.6) is 0 Å². The first kappa shape index (κ1) is 17.4. The fraction of sp³-hybridized carbons (Fsp3) is 0.412. The Labute approximate surface area is 141 Å². The minimum absolute atomic E-state index is 0.101. The third-order valence-corrected chi connectivity index (χ3v) is 4.45. The quantitative estimate of drug-likeness (QED) is 0.850. The summed E-state index contributed by atoms with van der Waals surface area (Å²) >= 11 is 0. The molecule has 2 aromatic rings. The van der Waals surface area contributed by atoms with Gasteiger partial charge in [-0.25, -0.2) is 9.37 Å². The van der Waals surface area contributed by atoms with E-state index in [1.54, 1.807) is 0 Å². The highest BCUT2D eigenvalue weighted by atomic mass is 19.4. The number of alkyl halides is 3. The number of imidazole rings is 1. The molecular formula is C17H17F4N3O.